The number of amidine groups is 1. The molecule has 0 amide bonds. The van der Waals surface area contributed by atoms with Gasteiger partial charge in [0, 0.05) is 24.8 Å². The molecule has 0 bridgehead atoms. The van der Waals surface area contributed by atoms with Gasteiger partial charge >= 0.3 is 0 Å². The molecule has 0 unspecified atom stereocenters. The molecule has 1 aliphatic heterocycles. The van der Waals surface area contributed by atoms with E-state index >= 15 is 0 Å². The average Bonchev–Trinajstić information content (AvgIpc) is 3.14. The number of nitrogens with two attached hydrogens (primary N) is 1. The molecule has 2 aromatic rings. The zero-order chi connectivity index (χ0) is 23.6. The van der Waals surface area contributed by atoms with Crippen molar-refractivity contribution in [3.05, 3.63) is 53.9 Å². The molecule has 0 radical (unpaired) electrons. The Morgan fingerprint density at radius 3 is 3.00 bits per heavy atom. The van der Waals surface area contributed by atoms with Gasteiger partial charge in [-0.25, -0.2) is 4.99 Å². The van der Waals surface area contributed by atoms with Crippen molar-refractivity contribution < 1.29 is 16.3 Å². The molecule has 3 aliphatic rings. The smallest absolute Gasteiger partial charge is 0.283 e. The predicted octanol–water partition coefficient (Wildman–Crippen LogP) is 3.67. The highest BCUT2D eigenvalue weighted by molar-refractivity contribution is 5.76. The summed E-state index contributed by atoms with van der Waals surface area (Å²) in [6, 6.07) is 9.70. The second-order valence-corrected chi connectivity index (χ2v) is 8.31. The number of pyridine rings is 1. The Hall–Kier alpha value is -2.40. The molecule has 5 heteroatoms. The minimum absolute atomic E-state index is 0.101. The van der Waals surface area contributed by atoms with Crippen LogP contribution in [-0.2, 0) is 21.4 Å². The van der Waals surface area contributed by atoms with Gasteiger partial charge in [-0.3, -0.25) is 4.98 Å². The van der Waals surface area contributed by atoms with Gasteiger partial charge < -0.3 is 15.2 Å². The van der Waals surface area contributed by atoms with Crippen molar-refractivity contribution in [3.63, 3.8) is 0 Å². The van der Waals surface area contributed by atoms with Crippen molar-refractivity contribution in [2.24, 2.45) is 22.1 Å². The molecule has 5 nitrogen and oxygen atoms in total. The molecule has 146 valence electrons. The standard InChI is InChI=1S/C23H27N3O2/c1-15-11-22(8-7-20(15)27-2)12-17-6-5-16(18-4-3-9-25-13-18)10-19(17)23(22)14-28-21(24)26-23/h3-6,9-10,13,15,20H,7-8,11-12,14H2,1-2H3,(H2,24,26)/t15-,20-,22-,23-/m1/s1/i2D3,14D2. The summed E-state index contributed by atoms with van der Waals surface area (Å²) in [6.45, 7) is -0.180. The Morgan fingerprint density at radius 2 is 2.29 bits per heavy atom. The van der Waals surface area contributed by atoms with Crippen molar-refractivity contribution in [1.82, 2.24) is 4.98 Å². The first-order valence-electron chi connectivity index (χ1n) is 12.2. The number of hydrogen-bond acceptors (Lipinski definition) is 5. The number of aromatic nitrogens is 1. The lowest BCUT2D eigenvalue weighted by Crippen LogP contribution is -2.48. The number of fused-ring (bicyclic) bond motifs is 3. The molecule has 1 aromatic heterocycles. The maximum Gasteiger partial charge on any atom is 0.283 e. The topological polar surface area (TPSA) is 69.7 Å². The average molecular weight is 383 g/mol. The Kier molecular flexibility index (Phi) is 2.92. The molecule has 5 rings (SSSR count). The predicted molar refractivity (Wildman–Crippen MR) is 109 cm³/mol. The fourth-order valence-electron chi connectivity index (χ4n) is 5.45. The molecule has 0 saturated heterocycles. The molecule has 2 aliphatic carbocycles. The van der Waals surface area contributed by atoms with E-state index in [0.717, 1.165) is 22.3 Å². The number of nitrogens with zero attached hydrogens (tertiary/aromatic N) is 2. The van der Waals surface area contributed by atoms with E-state index in [0.29, 0.717) is 25.7 Å². The van der Waals surface area contributed by atoms with Gasteiger partial charge in [0.25, 0.3) is 6.02 Å². The van der Waals surface area contributed by atoms with Crippen molar-refractivity contribution in [2.75, 3.05) is 13.6 Å². The fraction of sp³-hybridized carbons (Fsp3) is 0.478. The van der Waals surface area contributed by atoms with E-state index in [4.69, 9.17) is 22.1 Å². The van der Waals surface area contributed by atoms with Crippen molar-refractivity contribution in [3.8, 4) is 11.1 Å². The third kappa shape index (κ3) is 2.42. The van der Waals surface area contributed by atoms with Crippen LogP contribution in [0.1, 0.15) is 44.2 Å². The maximum absolute atomic E-state index is 8.91. The molecular formula is C23H27N3O2. The molecule has 2 heterocycles. The summed E-state index contributed by atoms with van der Waals surface area (Å²) in [6.07, 6.45) is 5.26. The van der Waals surface area contributed by atoms with Crippen molar-refractivity contribution in [2.45, 2.75) is 44.2 Å². The number of rotatable bonds is 2. The monoisotopic (exact) mass is 382 g/mol. The first-order valence-corrected chi connectivity index (χ1v) is 9.72. The zero-order valence-electron chi connectivity index (χ0n) is 20.8. The van der Waals surface area contributed by atoms with Gasteiger partial charge in [0.15, 0.2) is 0 Å². The number of aliphatic imine (C=N–C) groups is 1. The molecule has 1 saturated carbocycles. The van der Waals surface area contributed by atoms with Gasteiger partial charge in [-0.2, -0.15) is 0 Å². The SMILES string of the molecule is [2H]C([2H])([2H])O[C@@H]1CC[C@]2(Cc3ccc(-c4cccnc4)cc3[C@@]23N=C(N)OC3([2H])[2H])C[C@H]1C. The molecule has 28 heavy (non-hydrogen) atoms. The summed E-state index contributed by atoms with van der Waals surface area (Å²) < 4.78 is 51.2. The number of ether oxygens (including phenoxy) is 2. The van der Waals surface area contributed by atoms with Gasteiger partial charge in [-0.1, -0.05) is 25.1 Å². The van der Waals surface area contributed by atoms with Crippen molar-refractivity contribution >= 4 is 6.02 Å². The van der Waals surface area contributed by atoms with Gasteiger partial charge in [0.05, 0.1) is 13.0 Å². The molecule has 2 N–H and O–H groups in total. The van der Waals surface area contributed by atoms with E-state index in [1.54, 1.807) is 12.4 Å². The normalized spacial score (nSPS) is 38.6. The molecule has 1 aromatic carbocycles. The van der Waals surface area contributed by atoms with Crippen molar-refractivity contribution in [1.29, 1.82) is 0 Å². The first kappa shape index (κ1) is 12.9. The van der Waals surface area contributed by atoms with Crippen LogP contribution in [0.5, 0.6) is 0 Å². The van der Waals surface area contributed by atoms with Gasteiger partial charge in [0.1, 0.15) is 12.1 Å². The Balaban J connectivity index is 1.62. The lowest BCUT2D eigenvalue weighted by atomic mass is 9.59. The molecule has 2 spiro atoms. The van der Waals surface area contributed by atoms with Crippen LogP contribution in [0, 0.1) is 11.3 Å². The van der Waals surface area contributed by atoms with Crippen LogP contribution in [0.4, 0.5) is 0 Å². The summed E-state index contributed by atoms with van der Waals surface area (Å²) in [4.78, 5) is 8.90. The number of benzene rings is 1. The highest BCUT2D eigenvalue weighted by atomic mass is 16.5. The van der Waals surface area contributed by atoms with Crippen LogP contribution < -0.4 is 5.73 Å². The highest BCUT2D eigenvalue weighted by Gasteiger charge is 2.62. The van der Waals surface area contributed by atoms with Crippen LogP contribution in [0.3, 0.4) is 0 Å². The zero-order valence-corrected chi connectivity index (χ0v) is 15.8. The highest BCUT2D eigenvalue weighted by Crippen LogP contribution is 2.62. The lowest BCUT2D eigenvalue weighted by molar-refractivity contribution is -0.0445. The van der Waals surface area contributed by atoms with Crippen LogP contribution in [0.15, 0.2) is 47.7 Å². The third-order valence-electron chi connectivity index (χ3n) is 6.78. The minimum Gasteiger partial charge on any atom is -0.462 e. The van der Waals surface area contributed by atoms with Crippen LogP contribution in [0.25, 0.3) is 11.1 Å². The van der Waals surface area contributed by atoms with E-state index in [2.05, 4.69) is 9.98 Å². The van der Waals surface area contributed by atoms with Gasteiger partial charge in [-0.15, -0.1) is 0 Å². The summed E-state index contributed by atoms with van der Waals surface area (Å²) in [5.41, 5.74) is 7.68. The Bertz CT molecular complexity index is 1110. The van der Waals surface area contributed by atoms with Gasteiger partial charge in [0.2, 0.25) is 0 Å². The summed E-state index contributed by atoms with van der Waals surface area (Å²) in [7, 11) is -2.47. The largest absolute Gasteiger partial charge is 0.462 e. The first-order chi connectivity index (χ1) is 15.5. The van der Waals surface area contributed by atoms with Gasteiger partial charge in [-0.05, 0) is 66.0 Å². The second kappa shape index (κ2) is 6.31. The second-order valence-electron chi connectivity index (χ2n) is 8.31. The summed E-state index contributed by atoms with van der Waals surface area (Å²) in [5.74, 6) is -0.101. The van der Waals surface area contributed by atoms with Crippen LogP contribution in [-0.4, -0.2) is 30.7 Å². The molecule has 1 fully saturated rings. The summed E-state index contributed by atoms with van der Waals surface area (Å²) >= 11 is 0. The molecular weight excluding hydrogens is 350 g/mol. The lowest BCUT2D eigenvalue weighted by Gasteiger charge is -2.47. The third-order valence-corrected chi connectivity index (χ3v) is 6.78. The van der Waals surface area contributed by atoms with E-state index in [9.17, 15) is 0 Å². The van der Waals surface area contributed by atoms with E-state index < -0.39 is 30.7 Å². The minimum atomic E-state index is -2.47. The fourth-order valence-corrected chi connectivity index (χ4v) is 5.45. The van der Waals surface area contributed by atoms with E-state index in [1.807, 2.05) is 37.3 Å². The van der Waals surface area contributed by atoms with Crippen LogP contribution in [0.2, 0.25) is 0 Å². The van der Waals surface area contributed by atoms with E-state index in [-0.39, 0.29) is 11.9 Å². The summed E-state index contributed by atoms with van der Waals surface area (Å²) in [5, 5.41) is 0. The quantitative estimate of drug-likeness (QED) is 0.860. The number of hydrogen-bond donors (Lipinski definition) is 1. The van der Waals surface area contributed by atoms with Crippen LogP contribution >= 0.6 is 0 Å². The number of methoxy groups -OCH3 is 1. The maximum atomic E-state index is 8.91. The van der Waals surface area contributed by atoms with E-state index in [1.165, 1.54) is 0 Å². The Labute approximate surface area is 173 Å². The Morgan fingerprint density at radius 1 is 1.36 bits per heavy atom. The molecule has 4 atom stereocenters.